The van der Waals surface area contributed by atoms with E-state index < -0.39 is 138 Å². The predicted molar refractivity (Wildman–Crippen MR) is 131 cm³/mol. The fourth-order valence-electron chi connectivity index (χ4n) is 3.90. The highest BCUT2D eigenvalue weighted by atomic mass is 19.3. The first kappa shape index (κ1) is 13.2. The molecule has 2 atom stereocenters. The molecule has 2 heterocycles. The Hall–Kier alpha value is -3.04. The van der Waals surface area contributed by atoms with E-state index in [-0.39, 0.29) is 4.57 Å². The molecular formula is C28H30F3NO5. The van der Waals surface area contributed by atoms with Crippen molar-refractivity contribution in [2.45, 2.75) is 75.9 Å². The monoisotopic (exact) mass is 532 g/mol. The molecule has 6 nitrogen and oxygen atoms in total. The smallest absolute Gasteiger partial charge is 0.395 e. The van der Waals surface area contributed by atoms with Crippen molar-refractivity contribution in [3.63, 3.8) is 0 Å². The maximum absolute atomic E-state index is 16.4. The quantitative estimate of drug-likeness (QED) is 0.406. The minimum atomic E-state index is -4.15. The van der Waals surface area contributed by atoms with Crippen molar-refractivity contribution in [1.82, 2.24) is 4.57 Å². The Morgan fingerprint density at radius 2 is 2.08 bits per heavy atom. The third kappa shape index (κ3) is 4.48. The van der Waals surface area contributed by atoms with Crippen LogP contribution < -0.4 is 9.47 Å². The Balaban J connectivity index is 1.82. The minimum Gasteiger partial charge on any atom is -0.395 e. The summed E-state index contributed by atoms with van der Waals surface area (Å²) in [5.41, 5.74) is -9.83. The van der Waals surface area contributed by atoms with Crippen LogP contribution in [0.3, 0.4) is 0 Å². The highest BCUT2D eigenvalue weighted by Gasteiger charge is 2.52. The SMILES string of the molecule is [2H]c1c(CC(=O)C2(c3ccc4c(c3)OC(F)(F)O4)C([2H])([2H])C2([2H])[2H])c(F)c([2H])c2c1c([2H])c(C(C)(C([2H])([2H])[2H])C([2H])([2H])C)n2C([2H])([2H])[C@]([2H])(O)CO. The van der Waals surface area contributed by atoms with Crippen molar-refractivity contribution < 1.29 is 58.2 Å². The normalized spacial score (nSPS) is 30.2. The summed E-state index contributed by atoms with van der Waals surface area (Å²) in [6, 6.07) is -1.39. The highest BCUT2D eigenvalue weighted by Crippen LogP contribution is 2.52. The molecule has 3 aromatic rings. The van der Waals surface area contributed by atoms with E-state index in [2.05, 4.69) is 9.47 Å². The number of carbonyl (C=O) groups is 1. The Morgan fingerprint density at radius 1 is 1.35 bits per heavy atom. The van der Waals surface area contributed by atoms with Gasteiger partial charge in [-0.1, -0.05) is 26.8 Å². The number of ketones is 1. The van der Waals surface area contributed by atoms with Gasteiger partial charge in [0.2, 0.25) is 0 Å². The zero-order valence-electron chi connectivity index (χ0n) is 34.3. The number of fused-ring (bicyclic) bond motifs is 2. The fraction of sp³-hybridized carbons (Fsp3) is 0.464. The molecule has 1 aromatic heterocycles. The van der Waals surface area contributed by atoms with Gasteiger partial charge in [-0.25, -0.2) is 4.39 Å². The number of aliphatic hydroxyl groups is 2. The number of aliphatic hydroxyl groups excluding tert-OH is 1. The van der Waals surface area contributed by atoms with E-state index >= 15 is 4.39 Å². The largest absolute Gasteiger partial charge is 0.586 e. The maximum Gasteiger partial charge on any atom is 0.586 e. The van der Waals surface area contributed by atoms with Gasteiger partial charge in [0.15, 0.2) is 11.5 Å². The van der Waals surface area contributed by atoms with Crippen molar-refractivity contribution in [3.8, 4) is 11.5 Å². The topological polar surface area (TPSA) is 80.9 Å². The summed E-state index contributed by atoms with van der Waals surface area (Å²) in [5, 5.41) is 19.4. The van der Waals surface area contributed by atoms with Gasteiger partial charge in [-0.3, -0.25) is 4.79 Å². The van der Waals surface area contributed by atoms with Gasteiger partial charge in [0.25, 0.3) is 0 Å². The third-order valence-electron chi connectivity index (χ3n) is 6.03. The maximum atomic E-state index is 16.4. The molecule has 5 rings (SSSR count). The molecule has 2 aliphatic rings. The van der Waals surface area contributed by atoms with E-state index in [4.69, 9.17) is 20.6 Å². The van der Waals surface area contributed by atoms with Crippen LogP contribution in [0.2, 0.25) is 0 Å². The van der Waals surface area contributed by atoms with Gasteiger partial charge in [-0.15, -0.1) is 8.78 Å². The number of halogens is 3. The van der Waals surface area contributed by atoms with Crippen LogP contribution in [0.1, 0.15) is 77.2 Å². The number of hydrogen-bond donors (Lipinski definition) is 2. The van der Waals surface area contributed by atoms with E-state index in [1.165, 1.54) is 0 Å². The van der Waals surface area contributed by atoms with Gasteiger partial charge in [-0.05, 0) is 60.5 Å². The summed E-state index contributed by atoms with van der Waals surface area (Å²) in [6.45, 7) is -7.49. The molecule has 9 heteroatoms. The first-order valence-corrected chi connectivity index (χ1v) is 10.8. The molecule has 1 fully saturated rings. The van der Waals surface area contributed by atoms with E-state index in [1.54, 1.807) is 0 Å². The van der Waals surface area contributed by atoms with Crippen LogP contribution in [-0.2, 0) is 28.5 Å². The predicted octanol–water partition coefficient (Wildman–Crippen LogP) is 4.99. The first-order valence-electron chi connectivity index (χ1n) is 18.3. The lowest BCUT2D eigenvalue weighted by molar-refractivity contribution is -0.286. The van der Waals surface area contributed by atoms with Crippen LogP contribution in [0.25, 0.3) is 10.9 Å². The molecule has 1 saturated carbocycles. The van der Waals surface area contributed by atoms with Gasteiger partial charge < -0.3 is 24.3 Å². The molecule has 1 unspecified atom stereocenters. The second-order valence-corrected chi connectivity index (χ2v) is 8.60. The highest BCUT2D eigenvalue weighted by molar-refractivity contribution is 5.95. The van der Waals surface area contributed by atoms with Crippen molar-refractivity contribution in [1.29, 1.82) is 0 Å². The van der Waals surface area contributed by atoms with Crippen LogP contribution in [0.15, 0.2) is 36.3 Å². The standard InChI is InChI=1S/C28H30F3NO5/c1-4-26(2,3)24-10-17-9-16(20(29)13-21(17)32(24)14-19(34)15-33)11-25(35)27(7-8-27)18-5-6-22-23(12-18)37-28(30,31)36-22/h5-6,9-10,12-13,19,33-34H,4,7-8,11,14-15H2,1-3H3/t19-/m0/s1/i2D3,4D2,7D2,8D2,9D,10D,13D,14D2,19D/t19-,26?. The lowest BCUT2D eigenvalue weighted by Gasteiger charge is -2.26. The molecule has 2 N–H and O–H groups in total. The number of carbonyl (C=O) groups excluding carboxylic acids is 1. The van der Waals surface area contributed by atoms with Crippen LogP contribution in [0.5, 0.6) is 11.5 Å². The van der Waals surface area contributed by atoms with Gasteiger partial charge >= 0.3 is 6.29 Å². The Morgan fingerprint density at radius 3 is 2.73 bits per heavy atom. The van der Waals surface area contributed by atoms with Gasteiger partial charge in [0, 0.05) is 35.3 Å². The number of aromatic nitrogens is 1. The van der Waals surface area contributed by atoms with Gasteiger partial charge in [-0.2, -0.15) is 0 Å². The Bertz CT molecular complexity index is 2000. The number of hydrogen-bond acceptors (Lipinski definition) is 5. The molecule has 1 aliphatic carbocycles. The van der Waals surface area contributed by atoms with Crippen molar-refractivity contribution in [2.24, 2.45) is 0 Å². The number of benzene rings is 2. The molecule has 0 bridgehead atoms. The summed E-state index contributed by atoms with van der Waals surface area (Å²) in [5.74, 6) is -4.53. The zero-order chi connectivity index (χ0) is 40.0. The fourth-order valence-corrected chi connectivity index (χ4v) is 3.90. The first-order chi connectivity index (χ1) is 23.2. The van der Waals surface area contributed by atoms with Crippen LogP contribution >= 0.6 is 0 Å². The summed E-state index contributed by atoms with van der Waals surface area (Å²) >= 11 is 0. The lowest BCUT2D eigenvalue weighted by Crippen LogP contribution is -2.26. The van der Waals surface area contributed by atoms with Crippen molar-refractivity contribution in [2.75, 3.05) is 6.61 Å². The van der Waals surface area contributed by atoms with E-state index in [0.717, 1.165) is 32.0 Å². The second kappa shape index (κ2) is 8.77. The van der Waals surface area contributed by atoms with Gasteiger partial charge in [0.1, 0.15) is 11.6 Å². The van der Waals surface area contributed by atoms with Crippen LogP contribution in [-0.4, -0.2) is 39.5 Å². The molecule has 2 aromatic carbocycles. The average molecular weight is 533 g/mol. The number of nitrogens with zero attached hydrogens (tertiary/aromatic N) is 1. The van der Waals surface area contributed by atoms with Crippen molar-refractivity contribution in [3.05, 3.63) is 59.0 Å². The molecule has 0 spiro atoms. The van der Waals surface area contributed by atoms with Crippen LogP contribution in [0.4, 0.5) is 13.2 Å². The molecule has 0 radical (unpaired) electrons. The van der Waals surface area contributed by atoms with Gasteiger partial charge in [0.05, 0.1) is 38.3 Å². The lowest BCUT2D eigenvalue weighted by atomic mass is 9.86. The molecule has 0 saturated heterocycles. The van der Waals surface area contributed by atoms with E-state index in [9.17, 15) is 23.8 Å². The summed E-state index contributed by atoms with van der Waals surface area (Å²) in [4.78, 5) is 14.1. The van der Waals surface area contributed by atoms with Crippen molar-refractivity contribution >= 4 is 16.7 Å². The number of alkyl halides is 2. The third-order valence-corrected chi connectivity index (χ3v) is 6.03. The molecule has 198 valence electrons. The average Bonchev–Trinajstić information content (AvgIpc) is 3.26. The van der Waals surface area contributed by atoms with Crippen LogP contribution in [0, 0.1) is 5.82 Å². The summed E-state index contributed by atoms with van der Waals surface area (Å²) in [7, 11) is 0. The molecular weight excluding hydrogens is 487 g/mol. The molecule has 1 aliphatic heterocycles. The number of Topliss-reactive ketones (excluding diaryl/α,β-unsaturated/α-hetero) is 1. The number of ether oxygens (including phenoxy) is 2. The second-order valence-electron chi connectivity index (χ2n) is 8.60. The minimum absolute atomic E-state index is 0.00131. The molecule has 37 heavy (non-hydrogen) atoms. The zero-order valence-corrected chi connectivity index (χ0v) is 19.3. The molecule has 0 amide bonds. The number of rotatable bonds is 9. The Kier molecular flexibility index (Phi) is 3.12. The summed E-state index contributed by atoms with van der Waals surface area (Å²) < 4.78 is 179. The summed E-state index contributed by atoms with van der Waals surface area (Å²) in [6.07, 6.45) is -18.3. The Labute approximate surface area is 233 Å². The van der Waals surface area contributed by atoms with E-state index in [0.29, 0.717) is 0 Å². The van der Waals surface area contributed by atoms with E-state index in [1.807, 2.05) is 0 Å².